The summed E-state index contributed by atoms with van der Waals surface area (Å²) >= 11 is 3.21. The van der Waals surface area contributed by atoms with Crippen molar-refractivity contribution in [3.63, 3.8) is 0 Å². The predicted molar refractivity (Wildman–Crippen MR) is 75.2 cm³/mol. The predicted octanol–water partition coefficient (Wildman–Crippen LogP) is 3.11. The van der Waals surface area contributed by atoms with Crippen LogP contribution in [-0.4, -0.2) is 16.8 Å². The molecule has 2 rings (SSSR count). The van der Waals surface area contributed by atoms with Crippen molar-refractivity contribution in [2.24, 2.45) is 4.99 Å². The SMILES string of the molecule is CCCCSC1=N/C(=C\c2cccs2)C(=O)N1. The van der Waals surface area contributed by atoms with Crippen LogP contribution in [0.25, 0.3) is 6.08 Å². The first-order chi connectivity index (χ1) is 8.29. The molecule has 0 spiro atoms. The van der Waals surface area contributed by atoms with E-state index < -0.39 is 0 Å². The third-order valence-corrected chi connectivity index (χ3v) is 4.01. The highest BCUT2D eigenvalue weighted by Gasteiger charge is 2.19. The van der Waals surface area contributed by atoms with Gasteiger partial charge in [-0.2, -0.15) is 0 Å². The summed E-state index contributed by atoms with van der Waals surface area (Å²) in [6, 6.07) is 3.94. The standard InChI is InChI=1S/C12H14N2OS2/c1-2-3-6-17-12-13-10(11(15)14-12)8-9-5-4-7-16-9/h4-5,7-8H,2-3,6H2,1H3,(H,13,14,15)/b10-8-. The zero-order valence-electron chi connectivity index (χ0n) is 9.60. The van der Waals surface area contributed by atoms with Crippen molar-refractivity contribution in [3.05, 3.63) is 28.1 Å². The van der Waals surface area contributed by atoms with E-state index in [1.165, 1.54) is 0 Å². The summed E-state index contributed by atoms with van der Waals surface area (Å²) in [7, 11) is 0. The van der Waals surface area contributed by atoms with E-state index in [4.69, 9.17) is 0 Å². The number of hydrogen-bond donors (Lipinski definition) is 1. The van der Waals surface area contributed by atoms with Crippen molar-refractivity contribution in [3.8, 4) is 0 Å². The molecule has 1 aliphatic rings. The molecule has 0 atom stereocenters. The van der Waals surface area contributed by atoms with E-state index in [0.29, 0.717) is 5.70 Å². The molecule has 0 aromatic carbocycles. The zero-order chi connectivity index (χ0) is 12.1. The van der Waals surface area contributed by atoms with Crippen LogP contribution in [0.5, 0.6) is 0 Å². The second-order valence-electron chi connectivity index (χ2n) is 3.62. The summed E-state index contributed by atoms with van der Waals surface area (Å²) in [5.41, 5.74) is 0.506. The van der Waals surface area contributed by atoms with Crippen molar-refractivity contribution < 1.29 is 4.79 Å². The van der Waals surface area contributed by atoms with Crippen LogP contribution in [-0.2, 0) is 4.79 Å². The Morgan fingerprint density at radius 2 is 2.47 bits per heavy atom. The molecule has 0 bridgehead atoms. The third-order valence-electron chi connectivity index (χ3n) is 2.23. The van der Waals surface area contributed by atoms with Crippen LogP contribution < -0.4 is 5.32 Å². The monoisotopic (exact) mass is 266 g/mol. The first-order valence-electron chi connectivity index (χ1n) is 5.57. The molecule has 3 nitrogen and oxygen atoms in total. The molecular weight excluding hydrogens is 252 g/mol. The van der Waals surface area contributed by atoms with Crippen LogP contribution in [0.2, 0.25) is 0 Å². The molecule has 1 aliphatic heterocycles. The van der Waals surface area contributed by atoms with Gasteiger partial charge in [0.15, 0.2) is 5.17 Å². The van der Waals surface area contributed by atoms with E-state index >= 15 is 0 Å². The number of amidine groups is 1. The quantitative estimate of drug-likeness (QED) is 0.672. The summed E-state index contributed by atoms with van der Waals surface area (Å²) in [5, 5.41) is 5.50. The highest BCUT2D eigenvalue weighted by atomic mass is 32.2. The molecule has 0 fully saturated rings. The Bertz CT molecular complexity index is 449. The number of amides is 1. The van der Waals surface area contributed by atoms with E-state index in [1.54, 1.807) is 23.1 Å². The minimum Gasteiger partial charge on any atom is -0.300 e. The maximum absolute atomic E-state index is 11.6. The highest BCUT2D eigenvalue weighted by Crippen LogP contribution is 2.19. The van der Waals surface area contributed by atoms with Gasteiger partial charge in [-0.05, 0) is 23.9 Å². The van der Waals surface area contributed by atoms with Gasteiger partial charge in [-0.3, -0.25) is 10.1 Å². The Balaban J connectivity index is 2.01. The van der Waals surface area contributed by atoms with Crippen molar-refractivity contribution in [1.82, 2.24) is 5.32 Å². The van der Waals surface area contributed by atoms with Crippen molar-refractivity contribution in [2.45, 2.75) is 19.8 Å². The second-order valence-corrected chi connectivity index (χ2v) is 5.68. The number of unbranched alkanes of at least 4 members (excludes halogenated alkanes) is 1. The number of nitrogens with zero attached hydrogens (tertiary/aromatic N) is 1. The molecule has 0 radical (unpaired) electrons. The summed E-state index contributed by atoms with van der Waals surface area (Å²) in [6.07, 6.45) is 4.13. The Labute approximate surface area is 109 Å². The summed E-state index contributed by atoms with van der Waals surface area (Å²) in [6.45, 7) is 2.15. The Morgan fingerprint density at radius 3 is 3.18 bits per heavy atom. The van der Waals surface area contributed by atoms with Gasteiger partial charge >= 0.3 is 0 Å². The zero-order valence-corrected chi connectivity index (χ0v) is 11.2. The lowest BCUT2D eigenvalue weighted by Gasteiger charge is -1.97. The minimum atomic E-state index is -0.0996. The first kappa shape index (κ1) is 12.4. The fourth-order valence-corrected chi connectivity index (χ4v) is 2.94. The lowest BCUT2D eigenvalue weighted by molar-refractivity contribution is -0.115. The normalized spacial score (nSPS) is 17.4. The van der Waals surface area contributed by atoms with Crippen LogP contribution in [0.4, 0.5) is 0 Å². The van der Waals surface area contributed by atoms with Gasteiger partial charge in [0.2, 0.25) is 0 Å². The molecule has 90 valence electrons. The maximum atomic E-state index is 11.6. The topological polar surface area (TPSA) is 41.5 Å². The Kier molecular flexibility index (Phi) is 4.39. The molecule has 1 amide bonds. The fourth-order valence-electron chi connectivity index (χ4n) is 1.34. The molecule has 1 N–H and O–H groups in total. The number of rotatable bonds is 4. The molecule has 0 aliphatic carbocycles. The van der Waals surface area contributed by atoms with Gasteiger partial charge in [-0.15, -0.1) is 11.3 Å². The van der Waals surface area contributed by atoms with Crippen LogP contribution >= 0.6 is 23.1 Å². The van der Waals surface area contributed by atoms with Crippen LogP contribution in [0.3, 0.4) is 0 Å². The lowest BCUT2D eigenvalue weighted by Crippen LogP contribution is -2.21. The molecule has 0 saturated heterocycles. The van der Waals surface area contributed by atoms with Gasteiger partial charge in [-0.25, -0.2) is 4.99 Å². The molecule has 0 unspecified atom stereocenters. The van der Waals surface area contributed by atoms with Gasteiger partial charge in [-0.1, -0.05) is 31.2 Å². The van der Waals surface area contributed by atoms with E-state index in [0.717, 1.165) is 28.6 Å². The van der Waals surface area contributed by atoms with Crippen LogP contribution in [0.15, 0.2) is 28.2 Å². The molecule has 17 heavy (non-hydrogen) atoms. The Hall–Kier alpha value is -1.07. The van der Waals surface area contributed by atoms with Crippen LogP contribution in [0, 0.1) is 0 Å². The van der Waals surface area contributed by atoms with E-state index in [9.17, 15) is 4.79 Å². The van der Waals surface area contributed by atoms with E-state index in [1.807, 2.05) is 23.6 Å². The molecule has 5 heteroatoms. The summed E-state index contributed by atoms with van der Waals surface area (Å²) < 4.78 is 0. The number of nitrogens with one attached hydrogen (secondary N) is 1. The van der Waals surface area contributed by atoms with Crippen molar-refractivity contribution in [2.75, 3.05) is 5.75 Å². The third kappa shape index (κ3) is 3.44. The summed E-state index contributed by atoms with van der Waals surface area (Å²) in [5.74, 6) is 0.902. The minimum absolute atomic E-state index is 0.0996. The second kappa shape index (κ2) is 6.02. The van der Waals surface area contributed by atoms with E-state index in [2.05, 4.69) is 17.2 Å². The number of aliphatic imine (C=N–C) groups is 1. The molecule has 1 aromatic rings. The fraction of sp³-hybridized carbons (Fsp3) is 0.333. The number of carbonyl (C=O) groups excluding carboxylic acids is 1. The maximum Gasteiger partial charge on any atom is 0.275 e. The van der Waals surface area contributed by atoms with E-state index in [-0.39, 0.29) is 5.91 Å². The molecule has 1 aromatic heterocycles. The first-order valence-corrected chi connectivity index (χ1v) is 7.44. The average molecular weight is 266 g/mol. The van der Waals surface area contributed by atoms with Gasteiger partial charge in [0.05, 0.1) is 0 Å². The molecule has 2 heterocycles. The van der Waals surface area contributed by atoms with Crippen molar-refractivity contribution >= 4 is 40.2 Å². The smallest absolute Gasteiger partial charge is 0.275 e. The largest absolute Gasteiger partial charge is 0.300 e. The average Bonchev–Trinajstić information content (AvgIpc) is 2.91. The van der Waals surface area contributed by atoms with Gasteiger partial charge < -0.3 is 0 Å². The number of thioether (sulfide) groups is 1. The number of carbonyl (C=O) groups is 1. The molecule has 0 saturated carbocycles. The van der Waals surface area contributed by atoms with Crippen molar-refractivity contribution in [1.29, 1.82) is 0 Å². The Morgan fingerprint density at radius 1 is 1.59 bits per heavy atom. The van der Waals surface area contributed by atoms with Gasteiger partial charge in [0.1, 0.15) is 5.70 Å². The van der Waals surface area contributed by atoms with Crippen LogP contribution in [0.1, 0.15) is 24.6 Å². The number of thiophene rings is 1. The lowest BCUT2D eigenvalue weighted by atomic mass is 10.3. The summed E-state index contributed by atoms with van der Waals surface area (Å²) in [4.78, 5) is 17.0. The molecular formula is C12H14N2OS2. The number of hydrogen-bond acceptors (Lipinski definition) is 4. The van der Waals surface area contributed by atoms with Gasteiger partial charge in [0.25, 0.3) is 5.91 Å². The van der Waals surface area contributed by atoms with Gasteiger partial charge in [0, 0.05) is 10.6 Å². The highest BCUT2D eigenvalue weighted by molar-refractivity contribution is 8.13.